The minimum absolute atomic E-state index is 0.0762. The van der Waals surface area contributed by atoms with Crippen molar-refractivity contribution in [3.05, 3.63) is 23.8 Å². The van der Waals surface area contributed by atoms with Crippen molar-refractivity contribution in [1.82, 2.24) is 8.96 Å². The van der Waals surface area contributed by atoms with Crippen molar-refractivity contribution >= 4 is 33.2 Å². The summed E-state index contributed by atoms with van der Waals surface area (Å²) in [5.74, 6) is 0.781. The number of benzene rings is 1. The largest absolute Gasteiger partial charge is 0.394 e. The zero-order valence-electron chi connectivity index (χ0n) is 16.6. The molecular formula is C20H30N4O3S. The number of anilines is 1. The summed E-state index contributed by atoms with van der Waals surface area (Å²) >= 11 is 0. The minimum atomic E-state index is -3.67. The van der Waals surface area contributed by atoms with Crippen LogP contribution in [0.2, 0.25) is 0 Å². The van der Waals surface area contributed by atoms with E-state index in [1.54, 1.807) is 32.0 Å². The molecule has 3 rings (SSSR count). The number of imidazole rings is 1. The Labute approximate surface area is 166 Å². The van der Waals surface area contributed by atoms with Crippen molar-refractivity contribution in [3.63, 3.8) is 0 Å². The van der Waals surface area contributed by atoms with Crippen LogP contribution in [0.15, 0.2) is 18.2 Å². The van der Waals surface area contributed by atoms with Gasteiger partial charge in [-0.2, -0.15) is 0 Å². The SMILES string of the molecule is CC(C)S(=O)(=O)n1c(N[C@H](CO)CC2CCCCC2)nc2ccc(C=N)cc21. The Balaban J connectivity index is 2.00. The third-order valence-corrected chi connectivity index (χ3v) is 7.62. The summed E-state index contributed by atoms with van der Waals surface area (Å²) in [5, 5.41) is 19.9. The predicted molar refractivity (Wildman–Crippen MR) is 113 cm³/mol. The maximum absolute atomic E-state index is 13.1. The fourth-order valence-electron chi connectivity index (χ4n) is 3.91. The lowest BCUT2D eigenvalue weighted by atomic mass is 9.85. The summed E-state index contributed by atoms with van der Waals surface area (Å²) in [6.45, 7) is 3.20. The molecule has 2 aromatic rings. The van der Waals surface area contributed by atoms with Crippen LogP contribution < -0.4 is 5.32 Å². The first-order valence-corrected chi connectivity index (χ1v) is 11.5. The van der Waals surface area contributed by atoms with Gasteiger partial charge in [0.1, 0.15) is 0 Å². The molecule has 1 heterocycles. The summed E-state index contributed by atoms with van der Waals surface area (Å²) in [4.78, 5) is 4.50. The number of fused-ring (bicyclic) bond motifs is 1. The number of nitrogens with one attached hydrogen (secondary N) is 2. The van der Waals surface area contributed by atoms with Gasteiger partial charge in [-0.05, 0) is 43.9 Å². The summed E-state index contributed by atoms with van der Waals surface area (Å²) in [6.07, 6.45) is 8.00. The first-order valence-electron chi connectivity index (χ1n) is 10.0. The number of hydrogen-bond acceptors (Lipinski definition) is 6. The van der Waals surface area contributed by atoms with Gasteiger partial charge in [0.2, 0.25) is 16.0 Å². The van der Waals surface area contributed by atoms with Crippen molar-refractivity contribution in [2.75, 3.05) is 11.9 Å². The standard InChI is InChI=1S/C20H30N4O3S/c1-14(2)28(26,27)24-19-11-16(12-21)8-9-18(19)23-20(24)22-17(13-25)10-15-6-4-3-5-7-15/h8-9,11-12,14-15,17,21,25H,3-7,10,13H2,1-2H3,(H,22,23)/t17-/m0/s1. The van der Waals surface area contributed by atoms with Gasteiger partial charge in [0.25, 0.3) is 0 Å². The highest BCUT2D eigenvalue weighted by Crippen LogP contribution is 2.30. The van der Waals surface area contributed by atoms with E-state index in [-0.39, 0.29) is 18.6 Å². The Kier molecular flexibility index (Phi) is 6.40. The van der Waals surface area contributed by atoms with E-state index >= 15 is 0 Å². The van der Waals surface area contributed by atoms with Gasteiger partial charge in [0, 0.05) is 6.21 Å². The first kappa shape index (κ1) is 20.8. The molecule has 1 fully saturated rings. The molecule has 3 N–H and O–H groups in total. The van der Waals surface area contributed by atoms with E-state index in [0.717, 1.165) is 19.3 Å². The van der Waals surface area contributed by atoms with Crippen LogP contribution in [0.1, 0.15) is 57.9 Å². The molecule has 0 radical (unpaired) electrons. The van der Waals surface area contributed by atoms with Crippen LogP contribution in [0.4, 0.5) is 5.95 Å². The van der Waals surface area contributed by atoms with Crippen LogP contribution in [0.3, 0.4) is 0 Å². The van der Waals surface area contributed by atoms with Crippen LogP contribution in [-0.4, -0.2) is 46.6 Å². The van der Waals surface area contributed by atoms with Gasteiger partial charge in [-0.3, -0.25) is 0 Å². The summed E-state index contributed by atoms with van der Waals surface area (Å²) in [5.41, 5.74) is 1.61. The fraction of sp³-hybridized carbons (Fsp3) is 0.600. The first-order chi connectivity index (χ1) is 13.4. The molecule has 1 atom stereocenters. The van der Waals surface area contributed by atoms with Gasteiger partial charge in [-0.1, -0.05) is 38.2 Å². The smallest absolute Gasteiger partial charge is 0.244 e. The van der Waals surface area contributed by atoms with Crippen molar-refractivity contribution in [2.45, 2.75) is 63.7 Å². The van der Waals surface area contributed by atoms with E-state index in [9.17, 15) is 13.5 Å². The van der Waals surface area contributed by atoms with Crippen molar-refractivity contribution in [3.8, 4) is 0 Å². The maximum atomic E-state index is 13.1. The number of rotatable bonds is 8. The van der Waals surface area contributed by atoms with Crippen molar-refractivity contribution in [1.29, 1.82) is 5.41 Å². The maximum Gasteiger partial charge on any atom is 0.244 e. The van der Waals surface area contributed by atoms with Crippen LogP contribution >= 0.6 is 0 Å². The van der Waals surface area contributed by atoms with Crippen molar-refractivity contribution in [2.24, 2.45) is 5.92 Å². The Bertz CT molecular complexity index is 930. The number of aliphatic hydroxyl groups is 1. The average Bonchev–Trinajstić information content (AvgIpc) is 3.05. The lowest BCUT2D eigenvalue weighted by molar-refractivity contribution is 0.236. The van der Waals surface area contributed by atoms with Gasteiger partial charge in [0.15, 0.2) is 0 Å². The van der Waals surface area contributed by atoms with Crippen LogP contribution in [0, 0.1) is 11.3 Å². The molecule has 0 saturated heterocycles. The van der Waals surface area contributed by atoms with Gasteiger partial charge in [0.05, 0.1) is 28.9 Å². The molecule has 1 aromatic carbocycles. The van der Waals surface area contributed by atoms with Gasteiger partial charge >= 0.3 is 0 Å². The molecule has 0 aliphatic heterocycles. The summed E-state index contributed by atoms with van der Waals surface area (Å²) < 4.78 is 27.3. The highest BCUT2D eigenvalue weighted by atomic mass is 32.2. The molecule has 1 aliphatic carbocycles. The highest BCUT2D eigenvalue weighted by Gasteiger charge is 2.27. The van der Waals surface area contributed by atoms with E-state index in [0.29, 0.717) is 22.5 Å². The molecule has 154 valence electrons. The number of hydrogen-bond donors (Lipinski definition) is 3. The molecule has 1 aliphatic rings. The topological polar surface area (TPSA) is 108 Å². The third-order valence-electron chi connectivity index (χ3n) is 5.55. The Morgan fingerprint density at radius 2 is 2.04 bits per heavy atom. The van der Waals surface area contributed by atoms with E-state index in [2.05, 4.69) is 10.3 Å². The van der Waals surface area contributed by atoms with Crippen LogP contribution in [0.25, 0.3) is 11.0 Å². The zero-order chi connectivity index (χ0) is 20.3. The second kappa shape index (κ2) is 8.61. The molecule has 0 unspecified atom stereocenters. The molecule has 0 spiro atoms. The summed E-state index contributed by atoms with van der Waals surface area (Å²) in [7, 11) is -3.67. The minimum Gasteiger partial charge on any atom is -0.394 e. The Hall–Kier alpha value is -1.93. The summed E-state index contributed by atoms with van der Waals surface area (Å²) in [6, 6.07) is 4.88. The van der Waals surface area contributed by atoms with E-state index in [4.69, 9.17) is 5.41 Å². The number of aromatic nitrogens is 2. The predicted octanol–water partition coefficient (Wildman–Crippen LogP) is 3.36. The van der Waals surface area contributed by atoms with Gasteiger partial charge in [-0.15, -0.1) is 0 Å². The molecule has 8 heteroatoms. The normalized spacial score (nSPS) is 17.1. The Morgan fingerprint density at radius 3 is 2.64 bits per heavy atom. The van der Waals surface area contributed by atoms with Gasteiger partial charge < -0.3 is 15.8 Å². The van der Waals surface area contributed by atoms with E-state index in [1.807, 2.05) is 0 Å². The monoisotopic (exact) mass is 406 g/mol. The molecule has 1 saturated carbocycles. The molecule has 7 nitrogen and oxygen atoms in total. The van der Waals surface area contributed by atoms with Gasteiger partial charge in [-0.25, -0.2) is 17.4 Å². The second-order valence-corrected chi connectivity index (χ2v) is 10.3. The molecular weight excluding hydrogens is 376 g/mol. The lowest BCUT2D eigenvalue weighted by Gasteiger charge is -2.26. The van der Waals surface area contributed by atoms with Crippen LogP contribution in [-0.2, 0) is 10.0 Å². The Morgan fingerprint density at radius 1 is 1.32 bits per heavy atom. The second-order valence-electron chi connectivity index (χ2n) is 7.95. The number of aliphatic hydroxyl groups excluding tert-OH is 1. The van der Waals surface area contributed by atoms with E-state index < -0.39 is 15.3 Å². The lowest BCUT2D eigenvalue weighted by Crippen LogP contribution is -2.31. The van der Waals surface area contributed by atoms with Crippen LogP contribution in [0.5, 0.6) is 0 Å². The zero-order valence-corrected chi connectivity index (χ0v) is 17.4. The fourth-order valence-corrected chi connectivity index (χ4v) is 5.08. The van der Waals surface area contributed by atoms with E-state index in [1.165, 1.54) is 29.4 Å². The number of nitrogens with zero attached hydrogens (tertiary/aromatic N) is 2. The molecule has 28 heavy (non-hydrogen) atoms. The van der Waals surface area contributed by atoms with Crippen molar-refractivity contribution < 1.29 is 13.5 Å². The average molecular weight is 407 g/mol. The quantitative estimate of drug-likeness (QED) is 0.583. The molecule has 0 amide bonds. The highest BCUT2D eigenvalue weighted by molar-refractivity contribution is 7.90. The molecule has 0 bridgehead atoms. The third kappa shape index (κ3) is 4.22. The molecule has 1 aromatic heterocycles.